The van der Waals surface area contributed by atoms with Crippen LogP contribution < -0.4 is 11.1 Å². The summed E-state index contributed by atoms with van der Waals surface area (Å²) in [4.78, 5) is 14.7. The van der Waals surface area contributed by atoms with Crippen LogP contribution >= 0.6 is 0 Å². The van der Waals surface area contributed by atoms with E-state index in [1.165, 1.54) is 19.3 Å². The molecule has 21 heavy (non-hydrogen) atoms. The molecule has 1 aromatic carbocycles. The zero-order valence-electron chi connectivity index (χ0n) is 13.1. The molecule has 0 aliphatic carbocycles. The molecule has 3 N–H and O–H groups in total. The lowest BCUT2D eigenvalue weighted by Gasteiger charge is -2.42. The molecule has 1 saturated heterocycles. The van der Waals surface area contributed by atoms with Crippen LogP contribution in [0.2, 0.25) is 0 Å². The van der Waals surface area contributed by atoms with Crippen molar-refractivity contribution in [2.24, 2.45) is 5.73 Å². The first-order chi connectivity index (χ1) is 10.1. The minimum Gasteiger partial charge on any atom is -0.368 e. The summed E-state index contributed by atoms with van der Waals surface area (Å²) in [5.41, 5.74) is 5.92. The van der Waals surface area contributed by atoms with Crippen LogP contribution in [0.15, 0.2) is 30.3 Å². The average Bonchev–Trinajstić information content (AvgIpc) is 2.53. The van der Waals surface area contributed by atoms with Gasteiger partial charge in [0.2, 0.25) is 5.91 Å². The number of hydrogen-bond donors (Lipinski definition) is 2. The second kappa shape index (κ2) is 7.05. The molecule has 1 fully saturated rings. The van der Waals surface area contributed by atoms with Gasteiger partial charge < -0.3 is 11.1 Å². The number of nitrogens with zero attached hydrogens (tertiary/aromatic N) is 1. The van der Waals surface area contributed by atoms with Crippen LogP contribution in [-0.2, 0) is 10.3 Å². The summed E-state index contributed by atoms with van der Waals surface area (Å²) < 4.78 is 0. The van der Waals surface area contributed by atoms with E-state index in [0.29, 0.717) is 12.6 Å². The van der Waals surface area contributed by atoms with Gasteiger partial charge >= 0.3 is 0 Å². The van der Waals surface area contributed by atoms with Crippen molar-refractivity contribution in [3.05, 3.63) is 35.9 Å². The fourth-order valence-electron chi connectivity index (χ4n) is 3.42. The number of carbonyl (C=O) groups excluding carboxylic acids is 1. The van der Waals surface area contributed by atoms with E-state index in [2.05, 4.69) is 17.1 Å². The second-order valence-corrected chi connectivity index (χ2v) is 5.91. The molecule has 1 aliphatic heterocycles. The fourth-order valence-corrected chi connectivity index (χ4v) is 3.42. The SMILES string of the molecule is CCC1CCCCN1CC(NC)(C(N)=O)c1ccccc1. The second-order valence-electron chi connectivity index (χ2n) is 5.91. The Bertz CT molecular complexity index is 462. The lowest BCUT2D eigenvalue weighted by Crippen LogP contribution is -2.59. The summed E-state index contributed by atoms with van der Waals surface area (Å²) in [6.07, 6.45) is 4.81. The highest BCUT2D eigenvalue weighted by Gasteiger charge is 2.40. The first-order valence-electron chi connectivity index (χ1n) is 7.92. The predicted molar refractivity (Wildman–Crippen MR) is 85.9 cm³/mol. The minimum atomic E-state index is -0.813. The largest absolute Gasteiger partial charge is 0.368 e. The Labute approximate surface area is 127 Å². The molecule has 4 nitrogen and oxygen atoms in total. The number of carbonyl (C=O) groups is 1. The van der Waals surface area contributed by atoms with Gasteiger partial charge in [-0.25, -0.2) is 0 Å². The summed E-state index contributed by atoms with van der Waals surface area (Å²) in [6, 6.07) is 10.4. The molecule has 2 unspecified atom stereocenters. The molecule has 0 radical (unpaired) electrons. The van der Waals surface area contributed by atoms with E-state index in [4.69, 9.17) is 5.73 Å². The Hall–Kier alpha value is -1.39. The lowest BCUT2D eigenvalue weighted by atomic mass is 9.86. The Morgan fingerprint density at radius 2 is 2.10 bits per heavy atom. The van der Waals surface area contributed by atoms with Crippen LogP contribution in [0.25, 0.3) is 0 Å². The van der Waals surface area contributed by atoms with Gasteiger partial charge in [-0.15, -0.1) is 0 Å². The zero-order chi connectivity index (χ0) is 15.3. The van der Waals surface area contributed by atoms with Crippen molar-refractivity contribution in [2.75, 3.05) is 20.1 Å². The van der Waals surface area contributed by atoms with Gasteiger partial charge in [0.05, 0.1) is 0 Å². The topological polar surface area (TPSA) is 58.4 Å². The predicted octanol–water partition coefficient (Wildman–Crippen LogP) is 1.85. The molecule has 0 spiro atoms. The quantitative estimate of drug-likeness (QED) is 0.840. The number of rotatable bonds is 6. The van der Waals surface area contributed by atoms with Crippen LogP contribution in [0.1, 0.15) is 38.2 Å². The number of likely N-dealkylation sites (tertiary alicyclic amines) is 1. The maximum absolute atomic E-state index is 12.3. The Morgan fingerprint density at radius 3 is 2.67 bits per heavy atom. The zero-order valence-corrected chi connectivity index (χ0v) is 13.1. The van der Waals surface area contributed by atoms with Crippen molar-refractivity contribution in [2.45, 2.75) is 44.2 Å². The molecule has 0 aromatic heterocycles. The van der Waals surface area contributed by atoms with E-state index in [9.17, 15) is 4.79 Å². The molecule has 116 valence electrons. The molecular formula is C17H27N3O. The van der Waals surface area contributed by atoms with E-state index < -0.39 is 5.54 Å². The highest BCUT2D eigenvalue weighted by atomic mass is 16.1. The van der Waals surface area contributed by atoms with Crippen LogP contribution in [0, 0.1) is 0 Å². The fraction of sp³-hybridized carbons (Fsp3) is 0.588. The summed E-state index contributed by atoms with van der Waals surface area (Å²) in [6.45, 7) is 3.90. The normalized spacial score (nSPS) is 22.7. The van der Waals surface area contributed by atoms with Gasteiger partial charge in [-0.05, 0) is 38.4 Å². The molecular weight excluding hydrogens is 262 g/mol. The monoisotopic (exact) mass is 289 g/mol. The van der Waals surface area contributed by atoms with E-state index in [0.717, 1.165) is 18.5 Å². The van der Waals surface area contributed by atoms with Crippen LogP contribution in [0.4, 0.5) is 0 Å². The van der Waals surface area contributed by atoms with Gasteiger partial charge in [0.25, 0.3) is 0 Å². The molecule has 1 aromatic rings. The number of amides is 1. The Morgan fingerprint density at radius 1 is 1.38 bits per heavy atom. The van der Waals surface area contributed by atoms with Crippen molar-refractivity contribution in [3.63, 3.8) is 0 Å². The standard InChI is InChI=1S/C17H27N3O/c1-3-15-11-7-8-12-20(15)13-17(19-2,16(18)21)14-9-5-4-6-10-14/h4-6,9-10,15,19H,3,7-8,11-13H2,1-2H3,(H2,18,21). The number of likely N-dealkylation sites (N-methyl/N-ethyl adjacent to an activating group) is 1. The van der Waals surface area contributed by atoms with E-state index >= 15 is 0 Å². The minimum absolute atomic E-state index is 0.309. The number of nitrogens with two attached hydrogens (primary N) is 1. The van der Waals surface area contributed by atoms with Gasteiger partial charge in [-0.2, -0.15) is 0 Å². The summed E-state index contributed by atoms with van der Waals surface area (Å²) in [5, 5.41) is 3.21. The summed E-state index contributed by atoms with van der Waals surface area (Å²) in [5.74, 6) is -0.309. The molecule has 2 atom stereocenters. The molecule has 2 rings (SSSR count). The lowest BCUT2D eigenvalue weighted by molar-refractivity contribution is -0.126. The number of benzene rings is 1. The highest BCUT2D eigenvalue weighted by molar-refractivity contribution is 5.86. The van der Waals surface area contributed by atoms with E-state index in [1.54, 1.807) is 0 Å². The highest BCUT2D eigenvalue weighted by Crippen LogP contribution is 2.27. The van der Waals surface area contributed by atoms with E-state index in [-0.39, 0.29) is 5.91 Å². The maximum Gasteiger partial charge on any atom is 0.243 e. The number of nitrogens with one attached hydrogen (secondary N) is 1. The number of piperidine rings is 1. The van der Waals surface area contributed by atoms with Crippen LogP contribution in [0.3, 0.4) is 0 Å². The van der Waals surface area contributed by atoms with Crippen molar-refractivity contribution in [3.8, 4) is 0 Å². The first kappa shape index (κ1) is 16.0. The first-order valence-corrected chi connectivity index (χ1v) is 7.92. The Balaban J connectivity index is 2.30. The van der Waals surface area contributed by atoms with Crippen LogP contribution in [0.5, 0.6) is 0 Å². The molecule has 1 aliphatic rings. The van der Waals surface area contributed by atoms with Gasteiger partial charge in [0, 0.05) is 12.6 Å². The Kier molecular flexibility index (Phi) is 5.37. The molecule has 1 amide bonds. The molecule has 4 heteroatoms. The number of hydrogen-bond acceptors (Lipinski definition) is 3. The van der Waals surface area contributed by atoms with Gasteiger partial charge in [0.1, 0.15) is 5.54 Å². The van der Waals surface area contributed by atoms with Gasteiger partial charge in [0.15, 0.2) is 0 Å². The third-order valence-electron chi connectivity index (χ3n) is 4.77. The number of primary amides is 1. The molecule has 0 bridgehead atoms. The third kappa shape index (κ3) is 3.27. The van der Waals surface area contributed by atoms with Crippen molar-refractivity contribution in [1.29, 1.82) is 0 Å². The summed E-state index contributed by atoms with van der Waals surface area (Å²) in [7, 11) is 1.82. The maximum atomic E-state index is 12.3. The van der Waals surface area contributed by atoms with E-state index in [1.807, 2.05) is 37.4 Å². The molecule has 0 saturated carbocycles. The van der Waals surface area contributed by atoms with Gasteiger partial charge in [-0.1, -0.05) is 43.7 Å². The smallest absolute Gasteiger partial charge is 0.243 e. The summed E-state index contributed by atoms with van der Waals surface area (Å²) >= 11 is 0. The average molecular weight is 289 g/mol. The van der Waals surface area contributed by atoms with Crippen molar-refractivity contribution >= 4 is 5.91 Å². The van der Waals surface area contributed by atoms with Crippen LogP contribution in [-0.4, -0.2) is 37.0 Å². The van der Waals surface area contributed by atoms with Crippen molar-refractivity contribution < 1.29 is 4.79 Å². The third-order valence-corrected chi connectivity index (χ3v) is 4.77. The van der Waals surface area contributed by atoms with Gasteiger partial charge in [-0.3, -0.25) is 9.69 Å². The molecule has 1 heterocycles. The van der Waals surface area contributed by atoms with Crippen molar-refractivity contribution in [1.82, 2.24) is 10.2 Å².